The van der Waals surface area contributed by atoms with E-state index in [2.05, 4.69) is 29.4 Å². The van der Waals surface area contributed by atoms with E-state index in [-0.39, 0.29) is 0 Å². The summed E-state index contributed by atoms with van der Waals surface area (Å²) in [5.74, 6) is 3.39. The summed E-state index contributed by atoms with van der Waals surface area (Å²) in [5.41, 5.74) is 0. The van der Waals surface area contributed by atoms with Crippen LogP contribution in [0.15, 0.2) is 0 Å². The van der Waals surface area contributed by atoms with Crippen LogP contribution in [-0.2, 0) is 6.54 Å². The van der Waals surface area contributed by atoms with E-state index in [1.165, 1.54) is 24.3 Å². The molecule has 1 heterocycles. The summed E-state index contributed by atoms with van der Waals surface area (Å²) in [6, 6.07) is 0. The fourth-order valence-corrected chi connectivity index (χ4v) is 4.19. The standard InChI is InChI=1S/C13H21N3S/c1-8(2)6-14-7-11-15-16-13(17-11)12-9-4-3-5-10(9)12/h8-10,12,14H,3-7H2,1-2H3. The maximum atomic E-state index is 4.39. The molecular weight excluding hydrogens is 230 g/mol. The second-order valence-corrected chi connectivity index (χ2v) is 6.94. The lowest BCUT2D eigenvalue weighted by atomic mass is 10.2. The molecule has 17 heavy (non-hydrogen) atoms. The minimum absolute atomic E-state index is 0.699. The summed E-state index contributed by atoms with van der Waals surface area (Å²) in [7, 11) is 0. The van der Waals surface area contributed by atoms with E-state index < -0.39 is 0 Å². The quantitative estimate of drug-likeness (QED) is 0.874. The summed E-state index contributed by atoms with van der Waals surface area (Å²) >= 11 is 1.83. The molecule has 0 saturated heterocycles. The van der Waals surface area contributed by atoms with Crippen LogP contribution in [0.2, 0.25) is 0 Å². The van der Waals surface area contributed by atoms with Crippen molar-refractivity contribution in [2.45, 2.75) is 45.6 Å². The van der Waals surface area contributed by atoms with Crippen LogP contribution in [0, 0.1) is 17.8 Å². The van der Waals surface area contributed by atoms with Gasteiger partial charge in [0.1, 0.15) is 10.0 Å². The summed E-state index contributed by atoms with van der Waals surface area (Å²) in [5, 5.41) is 14.6. The molecule has 4 heteroatoms. The Bertz CT molecular complexity index is 378. The SMILES string of the molecule is CC(C)CNCc1nnc(C2C3CCCC32)s1. The monoisotopic (exact) mass is 251 g/mol. The molecule has 0 aliphatic heterocycles. The molecule has 2 aliphatic rings. The largest absolute Gasteiger partial charge is 0.310 e. The average Bonchev–Trinajstić information content (AvgIpc) is 2.73. The Labute approximate surface area is 107 Å². The molecule has 2 aliphatic carbocycles. The molecule has 2 atom stereocenters. The molecule has 0 bridgehead atoms. The normalized spacial score (nSPS) is 30.9. The summed E-state index contributed by atoms with van der Waals surface area (Å²) in [6.07, 6.45) is 4.29. The van der Waals surface area contributed by atoms with E-state index in [1.54, 1.807) is 0 Å². The number of rotatable bonds is 5. The van der Waals surface area contributed by atoms with Crippen molar-refractivity contribution in [1.29, 1.82) is 0 Å². The number of fused-ring (bicyclic) bond motifs is 1. The Morgan fingerprint density at radius 2 is 2.06 bits per heavy atom. The van der Waals surface area contributed by atoms with Gasteiger partial charge in [0.2, 0.25) is 0 Å². The van der Waals surface area contributed by atoms with Crippen molar-refractivity contribution in [1.82, 2.24) is 15.5 Å². The van der Waals surface area contributed by atoms with Crippen molar-refractivity contribution in [3.63, 3.8) is 0 Å². The predicted octanol–water partition coefficient (Wildman–Crippen LogP) is 2.80. The highest BCUT2D eigenvalue weighted by molar-refractivity contribution is 7.11. The van der Waals surface area contributed by atoms with Crippen molar-refractivity contribution in [3.05, 3.63) is 10.0 Å². The van der Waals surface area contributed by atoms with Gasteiger partial charge in [0.15, 0.2) is 0 Å². The molecule has 3 rings (SSSR count). The van der Waals surface area contributed by atoms with Crippen LogP contribution in [0.3, 0.4) is 0 Å². The van der Waals surface area contributed by atoms with Crippen molar-refractivity contribution < 1.29 is 0 Å². The Kier molecular flexibility index (Phi) is 3.17. The lowest BCUT2D eigenvalue weighted by Gasteiger charge is -2.04. The van der Waals surface area contributed by atoms with E-state index in [0.717, 1.165) is 35.9 Å². The third kappa shape index (κ3) is 2.38. The molecule has 1 aromatic heterocycles. The van der Waals surface area contributed by atoms with Gasteiger partial charge in [-0.3, -0.25) is 0 Å². The Hall–Kier alpha value is -0.480. The number of nitrogens with one attached hydrogen (secondary N) is 1. The van der Waals surface area contributed by atoms with Crippen molar-refractivity contribution in [2.24, 2.45) is 17.8 Å². The molecule has 2 fully saturated rings. The van der Waals surface area contributed by atoms with Gasteiger partial charge in [-0.15, -0.1) is 10.2 Å². The third-order valence-corrected chi connectivity index (χ3v) is 5.03. The molecule has 2 unspecified atom stereocenters. The molecule has 0 amide bonds. The fourth-order valence-electron chi connectivity index (χ4n) is 3.13. The van der Waals surface area contributed by atoms with E-state index in [4.69, 9.17) is 0 Å². The van der Waals surface area contributed by atoms with Gasteiger partial charge in [-0.05, 0) is 37.1 Å². The zero-order valence-corrected chi connectivity index (χ0v) is 11.5. The van der Waals surface area contributed by atoms with Crippen LogP contribution < -0.4 is 5.32 Å². The predicted molar refractivity (Wildman–Crippen MR) is 70.0 cm³/mol. The van der Waals surface area contributed by atoms with Crippen molar-refractivity contribution >= 4 is 11.3 Å². The minimum Gasteiger partial charge on any atom is -0.310 e. The fraction of sp³-hybridized carbons (Fsp3) is 0.846. The Balaban J connectivity index is 1.53. The number of hydrogen-bond acceptors (Lipinski definition) is 4. The van der Waals surface area contributed by atoms with Gasteiger partial charge in [-0.1, -0.05) is 31.6 Å². The van der Waals surface area contributed by atoms with Gasteiger partial charge in [-0.2, -0.15) is 0 Å². The van der Waals surface area contributed by atoms with Crippen LogP contribution in [0.1, 0.15) is 49.0 Å². The second kappa shape index (κ2) is 4.65. The van der Waals surface area contributed by atoms with Gasteiger partial charge < -0.3 is 5.32 Å². The third-order valence-electron chi connectivity index (χ3n) is 4.00. The highest BCUT2D eigenvalue weighted by atomic mass is 32.1. The summed E-state index contributed by atoms with van der Waals surface area (Å²) < 4.78 is 0. The highest BCUT2D eigenvalue weighted by Gasteiger charge is 2.54. The molecular formula is C13H21N3S. The first-order valence-electron chi connectivity index (χ1n) is 6.78. The summed E-state index contributed by atoms with van der Waals surface area (Å²) in [4.78, 5) is 0. The first-order valence-corrected chi connectivity index (χ1v) is 7.60. The molecule has 0 radical (unpaired) electrons. The van der Waals surface area contributed by atoms with Crippen LogP contribution in [0.5, 0.6) is 0 Å². The zero-order valence-electron chi connectivity index (χ0n) is 10.6. The second-order valence-electron chi connectivity index (χ2n) is 5.84. The van der Waals surface area contributed by atoms with E-state index in [1.807, 2.05) is 11.3 Å². The molecule has 0 spiro atoms. The van der Waals surface area contributed by atoms with Gasteiger partial charge >= 0.3 is 0 Å². The lowest BCUT2D eigenvalue weighted by molar-refractivity contribution is 0.550. The maximum Gasteiger partial charge on any atom is 0.131 e. The number of hydrogen-bond donors (Lipinski definition) is 1. The first kappa shape index (κ1) is 11.6. The van der Waals surface area contributed by atoms with Crippen LogP contribution in [0.4, 0.5) is 0 Å². The van der Waals surface area contributed by atoms with Crippen molar-refractivity contribution in [3.8, 4) is 0 Å². The number of aromatic nitrogens is 2. The van der Waals surface area contributed by atoms with Gasteiger partial charge in [0.25, 0.3) is 0 Å². The van der Waals surface area contributed by atoms with E-state index in [0.29, 0.717) is 5.92 Å². The first-order chi connectivity index (χ1) is 8.25. The molecule has 3 nitrogen and oxygen atoms in total. The molecule has 1 aromatic rings. The summed E-state index contributed by atoms with van der Waals surface area (Å²) in [6.45, 7) is 6.40. The molecule has 0 aromatic carbocycles. The van der Waals surface area contributed by atoms with E-state index in [9.17, 15) is 0 Å². The minimum atomic E-state index is 0.699. The van der Waals surface area contributed by atoms with Gasteiger partial charge in [0.05, 0.1) is 0 Å². The number of nitrogens with zero attached hydrogens (tertiary/aromatic N) is 2. The lowest BCUT2D eigenvalue weighted by Crippen LogP contribution is -2.18. The van der Waals surface area contributed by atoms with Gasteiger partial charge in [0, 0.05) is 12.5 Å². The van der Waals surface area contributed by atoms with Crippen LogP contribution in [-0.4, -0.2) is 16.7 Å². The maximum absolute atomic E-state index is 4.39. The topological polar surface area (TPSA) is 37.8 Å². The van der Waals surface area contributed by atoms with Gasteiger partial charge in [-0.25, -0.2) is 0 Å². The Morgan fingerprint density at radius 3 is 2.76 bits per heavy atom. The molecule has 1 N–H and O–H groups in total. The average molecular weight is 251 g/mol. The smallest absolute Gasteiger partial charge is 0.131 e. The zero-order chi connectivity index (χ0) is 11.8. The van der Waals surface area contributed by atoms with Crippen LogP contribution in [0.25, 0.3) is 0 Å². The molecule has 2 saturated carbocycles. The van der Waals surface area contributed by atoms with Crippen molar-refractivity contribution in [2.75, 3.05) is 6.54 Å². The Morgan fingerprint density at radius 1 is 1.29 bits per heavy atom. The van der Waals surface area contributed by atoms with E-state index >= 15 is 0 Å². The highest BCUT2D eigenvalue weighted by Crippen LogP contribution is 2.63. The van der Waals surface area contributed by atoms with Crippen LogP contribution >= 0.6 is 11.3 Å². The molecule has 94 valence electrons.